The minimum absolute atomic E-state index is 0.0722. The van der Waals surface area contributed by atoms with E-state index in [0.29, 0.717) is 13.0 Å². The van der Waals surface area contributed by atoms with E-state index >= 15 is 0 Å². The van der Waals surface area contributed by atoms with Gasteiger partial charge in [0.05, 0.1) is 13.2 Å². The summed E-state index contributed by atoms with van der Waals surface area (Å²) in [6.07, 6.45) is 32.7. The summed E-state index contributed by atoms with van der Waals surface area (Å²) in [6, 6.07) is 0. The van der Waals surface area contributed by atoms with Gasteiger partial charge in [0, 0.05) is 13.0 Å². The predicted molar refractivity (Wildman–Crippen MR) is 249 cm³/mol. The van der Waals surface area contributed by atoms with Crippen LogP contribution in [-0.2, 0) is 27.9 Å². The Balaban J connectivity index is 2.34. The minimum Gasteiger partial charge on any atom is -0.457 e. The summed E-state index contributed by atoms with van der Waals surface area (Å²) in [5.74, 6) is -0.477. The van der Waals surface area contributed by atoms with Crippen LogP contribution in [0.5, 0.6) is 0 Å². The van der Waals surface area contributed by atoms with Gasteiger partial charge in [-0.3, -0.25) is 13.8 Å². The molecule has 368 valence electrons. The average molecular weight is 907 g/mol. The predicted octanol–water partition coefficient (Wildman–Crippen LogP) is 11.1. The third kappa shape index (κ3) is 31.9. The van der Waals surface area contributed by atoms with Crippen LogP contribution in [0, 0.1) is 0 Å². The topological polar surface area (TPSA) is 192 Å². The Kier molecular flexibility index (Phi) is 38.5. The zero-order valence-electron chi connectivity index (χ0n) is 39.4. The second kappa shape index (κ2) is 40.4. The Hall–Kier alpha value is -0.920. The SMILES string of the molecule is CCCCCCCCC/C=C\CCCCCCCCCC(=O)OC(COCCCCCCCCCCCCCCCCCCC)COP(=O)(O)OC1C(O)C(O)C(O)C(O)C1O. The van der Waals surface area contributed by atoms with Crippen molar-refractivity contribution < 1.29 is 58.3 Å². The summed E-state index contributed by atoms with van der Waals surface area (Å²) in [5, 5.41) is 50.3. The van der Waals surface area contributed by atoms with Gasteiger partial charge in [0.15, 0.2) is 0 Å². The van der Waals surface area contributed by atoms with Crippen molar-refractivity contribution in [2.75, 3.05) is 19.8 Å². The van der Waals surface area contributed by atoms with Gasteiger partial charge in [-0.05, 0) is 38.5 Å². The molecule has 13 heteroatoms. The molecule has 6 atom stereocenters. The molecule has 0 amide bonds. The highest BCUT2D eigenvalue weighted by Crippen LogP contribution is 2.47. The molecule has 1 saturated carbocycles. The van der Waals surface area contributed by atoms with E-state index in [2.05, 4.69) is 26.0 Å². The van der Waals surface area contributed by atoms with E-state index in [-0.39, 0.29) is 13.0 Å². The Bertz CT molecular complexity index is 1080. The molecular weight excluding hydrogens is 812 g/mol. The second-order valence-corrected chi connectivity index (χ2v) is 19.4. The van der Waals surface area contributed by atoms with Crippen molar-refractivity contribution in [2.24, 2.45) is 0 Å². The van der Waals surface area contributed by atoms with E-state index in [4.69, 9.17) is 18.5 Å². The molecule has 1 rings (SSSR count). The number of carbonyl (C=O) groups is 1. The molecule has 0 spiro atoms. The summed E-state index contributed by atoms with van der Waals surface area (Å²) in [6.45, 7) is 4.30. The summed E-state index contributed by atoms with van der Waals surface area (Å²) in [7, 11) is -5.02. The van der Waals surface area contributed by atoms with Crippen LogP contribution >= 0.6 is 7.82 Å². The molecule has 1 aliphatic rings. The zero-order valence-corrected chi connectivity index (χ0v) is 40.3. The summed E-state index contributed by atoms with van der Waals surface area (Å²) >= 11 is 0. The van der Waals surface area contributed by atoms with Crippen molar-refractivity contribution in [1.82, 2.24) is 0 Å². The number of phosphoric acid groups is 1. The lowest BCUT2D eigenvalue weighted by Gasteiger charge is -2.41. The molecule has 0 bridgehead atoms. The first kappa shape index (κ1) is 59.1. The first-order valence-electron chi connectivity index (χ1n) is 25.5. The van der Waals surface area contributed by atoms with E-state index in [9.17, 15) is 39.8 Å². The number of carbonyl (C=O) groups excluding carboxylic acids is 1. The summed E-state index contributed by atoms with van der Waals surface area (Å²) in [5.41, 5.74) is 0. The first-order valence-corrected chi connectivity index (χ1v) is 27.0. The molecule has 1 fully saturated rings. The number of esters is 1. The molecule has 0 aliphatic heterocycles. The van der Waals surface area contributed by atoms with Crippen LogP contribution < -0.4 is 0 Å². The molecular formula is C49H95O12P. The fraction of sp³-hybridized carbons (Fsp3) is 0.939. The van der Waals surface area contributed by atoms with Crippen LogP contribution in [0.4, 0.5) is 0 Å². The minimum atomic E-state index is -5.02. The van der Waals surface area contributed by atoms with Crippen LogP contribution in [0.1, 0.15) is 232 Å². The molecule has 6 N–H and O–H groups in total. The lowest BCUT2D eigenvalue weighted by molar-refractivity contribution is -0.220. The van der Waals surface area contributed by atoms with Gasteiger partial charge in [0.25, 0.3) is 0 Å². The third-order valence-electron chi connectivity index (χ3n) is 12.1. The second-order valence-electron chi connectivity index (χ2n) is 18.0. The number of hydrogen-bond donors (Lipinski definition) is 6. The van der Waals surface area contributed by atoms with E-state index in [1.165, 1.54) is 161 Å². The van der Waals surface area contributed by atoms with Crippen LogP contribution in [0.15, 0.2) is 12.2 Å². The van der Waals surface area contributed by atoms with Gasteiger partial charge < -0.3 is 39.9 Å². The van der Waals surface area contributed by atoms with Gasteiger partial charge in [-0.15, -0.1) is 0 Å². The number of rotatable bonds is 44. The number of hydrogen-bond acceptors (Lipinski definition) is 11. The number of ether oxygens (including phenoxy) is 2. The highest BCUT2D eigenvalue weighted by atomic mass is 31.2. The molecule has 1 aliphatic carbocycles. The van der Waals surface area contributed by atoms with Crippen molar-refractivity contribution in [3.05, 3.63) is 12.2 Å². The highest BCUT2D eigenvalue weighted by molar-refractivity contribution is 7.47. The maximum absolute atomic E-state index is 12.8. The number of aliphatic hydroxyl groups excluding tert-OH is 5. The number of aliphatic hydroxyl groups is 5. The lowest BCUT2D eigenvalue weighted by Crippen LogP contribution is -2.64. The van der Waals surface area contributed by atoms with Gasteiger partial charge >= 0.3 is 13.8 Å². The Morgan fingerprint density at radius 1 is 0.500 bits per heavy atom. The largest absolute Gasteiger partial charge is 0.472 e. The molecule has 0 aromatic heterocycles. The third-order valence-corrected chi connectivity index (χ3v) is 13.1. The van der Waals surface area contributed by atoms with Crippen molar-refractivity contribution in [1.29, 1.82) is 0 Å². The first-order chi connectivity index (χ1) is 30.0. The normalized spacial score (nSPS) is 22.0. The molecule has 0 aromatic rings. The van der Waals surface area contributed by atoms with Gasteiger partial charge in [-0.2, -0.15) is 0 Å². The van der Waals surface area contributed by atoms with E-state index in [1.807, 2.05) is 0 Å². The Labute approximate surface area is 377 Å². The zero-order chi connectivity index (χ0) is 45.5. The van der Waals surface area contributed by atoms with Crippen molar-refractivity contribution >= 4 is 13.8 Å². The van der Waals surface area contributed by atoms with E-state index < -0.39 is 63.1 Å². The maximum Gasteiger partial charge on any atom is 0.472 e. The molecule has 6 unspecified atom stereocenters. The maximum atomic E-state index is 12.8. The fourth-order valence-electron chi connectivity index (χ4n) is 8.06. The monoisotopic (exact) mass is 907 g/mol. The van der Waals surface area contributed by atoms with Gasteiger partial charge in [0.2, 0.25) is 0 Å². The van der Waals surface area contributed by atoms with Crippen LogP contribution in [0.2, 0.25) is 0 Å². The number of phosphoric ester groups is 1. The number of unbranched alkanes of at least 4 members (excludes halogenated alkanes) is 30. The van der Waals surface area contributed by atoms with Gasteiger partial charge in [-0.25, -0.2) is 4.57 Å². The van der Waals surface area contributed by atoms with Crippen LogP contribution in [0.25, 0.3) is 0 Å². The smallest absolute Gasteiger partial charge is 0.457 e. The Morgan fingerprint density at radius 3 is 1.27 bits per heavy atom. The van der Waals surface area contributed by atoms with Crippen LogP contribution in [0.3, 0.4) is 0 Å². The van der Waals surface area contributed by atoms with Crippen LogP contribution in [-0.4, -0.2) is 98.9 Å². The number of allylic oxidation sites excluding steroid dienone is 2. The lowest BCUT2D eigenvalue weighted by atomic mass is 9.85. The van der Waals surface area contributed by atoms with Gasteiger partial charge in [-0.1, -0.05) is 199 Å². The molecule has 0 aromatic carbocycles. The molecule has 62 heavy (non-hydrogen) atoms. The molecule has 0 radical (unpaired) electrons. The molecule has 12 nitrogen and oxygen atoms in total. The molecule has 0 heterocycles. The van der Waals surface area contributed by atoms with Gasteiger partial charge in [0.1, 0.15) is 42.7 Å². The Morgan fingerprint density at radius 2 is 0.855 bits per heavy atom. The summed E-state index contributed by atoms with van der Waals surface area (Å²) < 4.78 is 34.3. The van der Waals surface area contributed by atoms with Crippen molar-refractivity contribution in [2.45, 2.75) is 275 Å². The van der Waals surface area contributed by atoms with Crippen molar-refractivity contribution in [3.63, 3.8) is 0 Å². The van der Waals surface area contributed by atoms with Crippen molar-refractivity contribution in [3.8, 4) is 0 Å². The highest BCUT2D eigenvalue weighted by Gasteiger charge is 2.51. The molecule has 0 saturated heterocycles. The average Bonchev–Trinajstić information content (AvgIpc) is 3.26. The fourth-order valence-corrected chi connectivity index (χ4v) is 9.03. The van der Waals surface area contributed by atoms with E-state index in [1.54, 1.807) is 0 Å². The summed E-state index contributed by atoms with van der Waals surface area (Å²) in [4.78, 5) is 23.2. The van der Waals surface area contributed by atoms with E-state index in [0.717, 1.165) is 44.9 Å². The standard InChI is InChI=1S/C49H95O12P/c1-3-5-7-9-11-13-15-17-19-21-22-24-26-28-30-32-34-36-38-43(50)60-42(41-59-62(56,57)61-49-47(54)45(52)44(51)46(53)48(49)55)40-58-39-37-35-33-31-29-27-25-23-20-18-16-14-12-10-8-6-4-2/h19,21,42,44-49,51-55H,3-18,20,22-41H2,1-2H3,(H,56,57)/b21-19-. The quantitative estimate of drug-likeness (QED) is 0.0147.